The van der Waals surface area contributed by atoms with Gasteiger partial charge in [-0.25, -0.2) is 4.39 Å². The molecule has 1 aliphatic carbocycles. The van der Waals surface area contributed by atoms with Crippen LogP contribution in [-0.2, 0) is 4.79 Å². The van der Waals surface area contributed by atoms with E-state index in [-0.39, 0.29) is 11.6 Å². The van der Waals surface area contributed by atoms with Gasteiger partial charge in [0, 0.05) is 16.7 Å². The summed E-state index contributed by atoms with van der Waals surface area (Å²) in [5, 5.41) is 8.66. The van der Waals surface area contributed by atoms with Crippen molar-refractivity contribution in [3.05, 3.63) is 70.5 Å². The van der Waals surface area contributed by atoms with Gasteiger partial charge in [0.05, 0.1) is 5.92 Å². The maximum Gasteiger partial charge on any atom is 0.153 e. The van der Waals surface area contributed by atoms with Crippen molar-refractivity contribution in [3.8, 4) is 0 Å². The summed E-state index contributed by atoms with van der Waals surface area (Å²) in [6, 6.07) is 13.1. The van der Waals surface area contributed by atoms with Crippen LogP contribution in [0.3, 0.4) is 0 Å². The molecule has 1 aliphatic rings. The predicted octanol–water partition coefficient (Wildman–Crippen LogP) is 4.34. The molecular formula is C17H13ClFNO. The Bertz CT molecular complexity index is 728. The summed E-state index contributed by atoms with van der Waals surface area (Å²) in [7, 11) is 0. The van der Waals surface area contributed by atoms with Crippen LogP contribution in [0.1, 0.15) is 29.4 Å². The highest BCUT2D eigenvalue weighted by molar-refractivity contribution is 6.30. The minimum absolute atomic E-state index is 0.0622. The molecule has 2 aromatic carbocycles. The van der Waals surface area contributed by atoms with Crippen molar-refractivity contribution < 1.29 is 9.18 Å². The summed E-state index contributed by atoms with van der Waals surface area (Å²) in [6.07, 6.45) is 0.333. The van der Waals surface area contributed by atoms with E-state index >= 15 is 0 Å². The number of halogens is 2. The highest BCUT2D eigenvalue weighted by Gasteiger charge is 2.40. The molecule has 1 saturated carbocycles. The molecule has 0 spiro atoms. The van der Waals surface area contributed by atoms with E-state index in [2.05, 4.69) is 0 Å². The first-order valence-corrected chi connectivity index (χ1v) is 7.06. The van der Waals surface area contributed by atoms with E-state index in [1.54, 1.807) is 36.4 Å². The summed E-state index contributed by atoms with van der Waals surface area (Å²) in [6.45, 7) is 0. The van der Waals surface area contributed by atoms with Crippen molar-refractivity contribution in [1.82, 2.24) is 0 Å². The lowest BCUT2D eigenvalue weighted by atomic mass is 9.91. The molecule has 1 N–H and O–H groups in total. The standard InChI is InChI=1S/C17H13ClFNO/c18-12-5-1-4-11(7-12)16-15(20)9-14(17(16)21)10-3-2-6-13(19)8-10/h1-8,14,16,20H,9H2. The Kier molecular flexibility index (Phi) is 3.60. The van der Waals surface area contributed by atoms with Gasteiger partial charge in [0.15, 0.2) is 5.78 Å². The fourth-order valence-corrected chi connectivity index (χ4v) is 3.07. The van der Waals surface area contributed by atoms with Crippen molar-refractivity contribution >= 4 is 23.1 Å². The average molecular weight is 302 g/mol. The lowest BCUT2D eigenvalue weighted by Crippen LogP contribution is -2.14. The highest BCUT2D eigenvalue weighted by Crippen LogP contribution is 2.39. The smallest absolute Gasteiger partial charge is 0.153 e. The van der Waals surface area contributed by atoms with Crippen molar-refractivity contribution in [2.45, 2.75) is 18.3 Å². The van der Waals surface area contributed by atoms with Crippen LogP contribution in [0.5, 0.6) is 0 Å². The lowest BCUT2D eigenvalue weighted by Gasteiger charge is -2.11. The zero-order chi connectivity index (χ0) is 15.0. The van der Waals surface area contributed by atoms with Crippen LogP contribution in [-0.4, -0.2) is 11.5 Å². The summed E-state index contributed by atoms with van der Waals surface area (Å²) in [4.78, 5) is 12.6. The van der Waals surface area contributed by atoms with Gasteiger partial charge in [-0.05, 0) is 41.8 Å². The van der Waals surface area contributed by atoms with E-state index in [1.807, 2.05) is 0 Å². The highest BCUT2D eigenvalue weighted by atomic mass is 35.5. The molecule has 106 valence electrons. The Labute approximate surface area is 127 Å². The van der Waals surface area contributed by atoms with E-state index in [0.717, 1.165) is 5.56 Å². The first kappa shape index (κ1) is 14.0. The van der Waals surface area contributed by atoms with Crippen molar-refractivity contribution in [1.29, 1.82) is 5.41 Å². The van der Waals surface area contributed by atoms with Crippen LogP contribution in [0.2, 0.25) is 5.02 Å². The Morgan fingerprint density at radius 2 is 1.81 bits per heavy atom. The second-order valence-electron chi connectivity index (χ2n) is 5.23. The second kappa shape index (κ2) is 5.41. The molecule has 2 nitrogen and oxygen atoms in total. The normalized spacial score (nSPS) is 21.8. The molecule has 0 saturated heterocycles. The van der Waals surface area contributed by atoms with E-state index in [0.29, 0.717) is 22.7 Å². The molecule has 2 atom stereocenters. The molecule has 0 radical (unpaired) electrons. The quantitative estimate of drug-likeness (QED) is 0.881. The fraction of sp³-hybridized carbons (Fsp3) is 0.176. The SMILES string of the molecule is N=C1CC(c2cccc(F)c2)C(=O)C1c1cccc(Cl)c1. The molecule has 21 heavy (non-hydrogen) atoms. The van der Waals surface area contributed by atoms with Crippen LogP contribution in [0.15, 0.2) is 48.5 Å². The topological polar surface area (TPSA) is 40.9 Å². The number of hydrogen-bond acceptors (Lipinski definition) is 2. The number of nitrogens with one attached hydrogen (secondary N) is 1. The van der Waals surface area contributed by atoms with Crippen LogP contribution in [0, 0.1) is 11.2 Å². The number of rotatable bonds is 2. The lowest BCUT2D eigenvalue weighted by molar-refractivity contribution is -0.119. The fourth-order valence-electron chi connectivity index (χ4n) is 2.87. The van der Waals surface area contributed by atoms with E-state index < -0.39 is 11.8 Å². The maximum absolute atomic E-state index is 13.3. The summed E-state index contributed by atoms with van der Waals surface area (Å²) < 4.78 is 13.3. The van der Waals surface area contributed by atoms with Crippen LogP contribution >= 0.6 is 11.6 Å². The van der Waals surface area contributed by atoms with Gasteiger partial charge in [-0.3, -0.25) is 4.79 Å². The Hall–Kier alpha value is -2.00. The van der Waals surface area contributed by atoms with Crippen molar-refractivity contribution in [2.24, 2.45) is 0 Å². The summed E-state index contributed by atoms with van der Waals surface area (Å²) >= 11 is 5.96. The van der Waals surface area contributed by atoms with Gasteiger partial charge in [0.1, 0.15) is 5.82 Å². The maximum atomic E-state index is 13.3. The van der Waals surface area contributed by atoms with Crippen LogP contribution < -0.4 is 0 Å². The van der Waals surface area contributed by atoms with Gasteiger partial charge in [-0.1, -0.05) is 35.9 Å². The molecule has 1 fully saturated rings. The van der Waals surface area contributed by atoms with Gasteiger partial charge in [0.25, 0.3) is 0 Å². The van der Waals surface area contributed by atoms with Crippen LogP contribution in [0.4, 0.5) is 4.39 Å². The minimum atomic E-state index is -0.572. The predicted molar refractivity (Wildman–Crippen MR) is 80.7 cm³/mol. The summed E-state index contributed by atoms with van der Waals surface area (Å²) in [5.41, 5.74) is 1.72. The number of ketones is 1. The van der Waals surface area contributed by atoms with Crippen LogP contribution in [0.25, 0.3) is 0 Å². The third-order valence-corrected chi connectivity index (χ3v) is 4.07. The molecule has 0 bridgehead atoms. The third-order valence-electron chi connectivity index (χ3n) is 3.83. The molecule has 2 aromatic rings. The van der Waals surface area contributed by atoms with Gasteiger partial charge < -0.3 is 5.41 Å². The number of Topliss-reactive ketones (excluding diaryl/α,β-unsaturated/α-hetero) is 1. The Balaban J connectivity index is 1.96. The average Bonchev–Trinajstić information content (AvgIpc) is 2.74. The molecule has 0 amide bonds. The molecule has 4 heteroatoms. The number of carbonyl (C=O) groups is 1. The summed E-state index contributed by atoms with van der Waals surface area (Å²) in [5.74, 6) is -1.44. The molecule has 0 aromatic heterocycles. The first-order chi connectivity index (χ1) is 10.1. The third kappa shape index (κ3) is 2.61. The van der Waals surface area contributed by atoms with E-state index in [9.17, 15) is 9.18 Å². The monoisotopic (exact) mass is 301 g/mol. The number of carbonyl (C=O) groups excluding carboxylic acids is 1. The first-order valence-electron chi connectivity index (χ1n) is 6.68. The van der Waals surface area contributed by atoms with Gasteiger partial charge in [0.2, 0.25) is 0 Å². The number of hydrogen-bond donors (Lipinski definition) is 1. The molecular weight excluding hydrogens is 289 g/mol. The molecule has 0 heterocycles. The van der Waals surface area contributed by atoms with Gasteiger partial charge in [-0.2, -0.15) is 0 Å². The zero-order valence-corrected chi connectivity index (χ0v) is 11.9. The Morgan fingerprint density at radius 3 is 2.52 bits per heavy atom. The van der Waals surface area contributed by atoms with Gasteiger partial charge >= 0.3 is 0 Å². The van der Waals surface area contributed by atoms with E-state index in [1.165, 1.54) is 12.1 Å². The molecule has 2 unspecified atom stereocenters. The van der Waals surface area contributed by atoms with E-state index in [4.69, 9.17) is 17.0 Å². The minimum Gasteiger partial charge on any atom is -0.309 e. The van der Waals surface area contributed by atoms with Crippen molar-refractivity contribution in [3.63, 3.8) is 0 Å². The van der Waals surface area contributed by atoms with Gasteiger partial charge in [-0.15, -0.1) is 0 Å². The number of benzene rings is 2. The molecule has 0 aliphatic heterocycles. The second-order valence-corrected chi connectivity index (χ2v) is 5.66. The zero-order valence-electron chi connectivity index (χ0n) is 11.1. The largest absolute Gasteiger partial charge is 0.309 e. The molecule has 3 rings (SSSR count). The van der Waals surface area contributed by atoms with Crippen molar-refractivity contribution in [2.75, 3.05) is 0 Å². The Morgan fingerprint density at radius 1 is 1.10 bits per heavy atom.